The lowest BCUT2D eigenvalue weighted by Crippen LogP contribution is -2.10. The molecule has 0 saturated heterocycles. The van der Waals surface area contributed by atoms with Gasteiger partial charge < -0.3 is 10.5 Å². The zero-order chi connectivity index (χ0) is 12.0. The van der Waals surface area contributed by atoms with Crippen molar-refractivity contribution in [3.63, 3.8) is 0 Å². The van der Waals surface area contributed by atoms with E-state index in [-0.39, 0.29) is 6.04 Å². The normalized spacial score (nSPS) is 12.8. The van der Waals surface area contributed by atoms with Crippen molar-refractivity contribution in [3.8, 4) is 5.88 Å². The molecule has 1 atom stereocenters. The first-order valence-corrected chi connectivity index (χ1v) is 5.94. The van der Waals surface area contributed by atoms with Crippen molar-refractivity contribution in [1.82, 2.24) is 4.98 Å². The predicted molar refractivity (Wildman–Crippen MR) is 66.4 cm³/mol. The molecule has 90 valence electrons. The van der Waals surface area contributed by atoms with E-state index in [0.29, 0.717) is 5.88 Å². The molecule has 0 radical (unpaired) electrons. The third-order valence-corrected chi connectivity index (χ3v) is 2.46. The summed E-state index contributed by atoms with van der Waals surface area (Å²) in [4.78, 5) is 4.21. The van der Waals surface area contributed by atoms with Crippen LogP contribution in [0.1, 0.15) is 45.2 Å². The molecule has 0 aliphatic carbocycles. The second-order valence-electron chi connectivity index (χ2n) is 4.57. The molecule has 0 fully saturated rings. The fourth-order valence-electron chi connectivity index (χ4n) is 1.53. The second-order valence-corrected chi connectivity index (χ2v) is 4.57. The lowest BCUT2D eigenvalue weighted by molar-refractivity contribution is 0.283. The average molecular weight is 222 g/mol. The van der Waals surface area contributed by atoms with Crippen molar-refractivity contribution in [2.24, 2.45) is 11.7 Å². The quantitative estimate of drug-likeness (QED) is 0.753. The van der Waals surface area contributed by atoms with Crippen LogP contribution in [0.4, 0.5) is 0 Å². The first kappa shape index (κ1) is 13.0. The number of aromatic nitrogens is 1. The molecule has 3 heteroatoms. The van der Waals surface area contributed by atoms with Crippen LogP contribution in [0.2, 0.25) is 0 Å². The Balaban J connectivity index is 2.47. The minimum Gasteiger partial charge on any atom is -0.477 e. The van der Waals surface area contributed by atoms with E-state index >= 15 is 0 Å². The topological polar surface area (TPSA) is 48.1 Å². The van der Waals surface area contributed by atoms with Gasteiger partial charge in [-0.3, -0.25) is 0 Å². The number of rotatable bonds is 6. The largest absolute Gasteiger partial charge is 0.477 e. The maximum Gasteiger partial charge on any atom is 0.218 e. The van der Waals surface area contributed by atoms with Gasteiger partial charge in [0.1, 0.15) is 0 Å². The molecule has 1 aromatic rings. The molecule has 1 heterocycles. The molecular formula is C13H22N2O. The summed E-state index contributed by atoms with van der Waals surface area (Å²) in [7, 11) is 0. The third-order valence-electron chi connectivity index (χ3n) is 2.46. The second kappa shape index (κ2) is 6.48. The molecule has 0 spiro atoms. The highest BCUT2D eigenvalue weighted by Gasteiger charge is 2.08. The van der Waals surface area contributed by atoms with Gasteiger partial charge >= 0.3 is 0 Å². The first-order valence-electron chi connectivity index (χ1n) is 5.94. The Morgan fingerprint density at radius 3 is 2.75 bits per heavy atom. The highest BCUT2D eigenvalue weighted by atomic mass is 16.5. The van der Waals surface area contributed by atoms with Crippen molar-refractivity contribution < 1.29 is 4.74 Å². The number of nitrogens with zero attached hydrogens (tertiary/aromatic N) is 1. The lowest BCUT2D eigenvalue weighted by atomic mass is 10.1. The molecule has 0 unspecified atom stereocenters. The van der Waals surface area contributed by atoms with Crippen molar-refractivity contribution >= 4 is 0 Å². The standard InChI is InChI=1S/C13H22N2O/c1-10(2)6-5-9-16-13-12(11(3)14)7-4-8-15-13/h4,7-8,10-11H,5-6,9,14H2,1-3H3/t11-/m0/s1. The Morgan fingerprint density at radius 1 is 1.38 bits per heavy atom. The molecule has 1 aromatic heterocycles. The molecule has 0 bridgehead atoms. The Bertz CT molecular complexity index is 311. The molecule has 0 aliphatic heterocycles. The van der Waals surface area contributed by atoms with E-state index in [1.54, 1.807) is 6.20 Å². The number of nitrogens with two attached hydrogens (primary N) is 1. The van der Waals surface area contributed by atoms with Crippen molar-refractivity contribution in [2.75, 3.05) is 6.61 Å². The van der Waals surface area contributed by atoms with E-state index in [1.165, 1.54) is 6.42 Å². The van der Waals surface area contributed by atoms with Crippen LogP contribution in [0.15, 0.2) is 18.3 Å². The highest BCUT2D eigenvalue weighted by molar-refractivity contribution is 5.27. The monoisotopic (exact) mass is 222 g/mol. The Hall–Kier alpha value is -1.09. The number of hydrogen-bond donors (Lipinski definition) is 1. The highest BCUT2D eigenvalue weighted by Crippen LogP contribution is 2.20. The number of pyridine rings is 1. The summed E-state index contributed by atoms with van der Waals surface area (Å²) in [6.45, 7) is 7.09. The van der Waals surface area contributed by atoms with Crippen LogP contribution in [0.3, 0.4) is 0 Å². The van der Waals surface area contributed by atoms with Crippen molar-refractivity contribution in [2.45, 2.75) is 39.7 Å². The van der Waals surface area contributed by atoms with Crippen LogP contribution in [0.25, 0.3) is 0 Å². The zero-order valence-corrected chi connectivity index (χ0v) is 10.4. The minimum atomic E-state index is -0.0335. The molecule has 0 aliphatic rings. The number of hydrogen-bond acceptors (Lipinski definition) is 3. The van der Waals surface area contributed by atoms with E-state index in [1.807, 2.05) is 19.1 Å². The van der Waals surface area contributed by atoms with E-state index < -0.39 is 0 Å². The van der Waals surface area contributed by atoms with Gasteiger partial charge in [0.2, 0.25) is 5.88 Å². The summed E-state index contributed by atoms with van der Waals surface area (Å²) < 4.78 is 5.66. The van der Waals surface area contributed by atoms with Crippen molar-refractivity contribution in [1.29, 1.82) is 0 Å². The summed E-state index contributed by atoms with van der Waals surface area (Å²) in [5.74, 6) is 1.40. The SMILES string of the molecule is CC(C)CCCOc1ncccc1[C@H](C)N. The van der Waals surface area contributed by atoms with E-state index in [4.69, 9.17) is 10.5 Å². The lowest BCUT2D eigenvalue weighted by Gasteiger charge is -2.12. The average Bonchev–Trinajstić information content (AvgIpc) is 2.24. The van der Waals surface area contributed by atoms with E-state index in [0.717, 1.165) is 24.5 Å². The van der Waals surface area contributed by atoms with Crippen LogP contribution in [-0.4, -0.2) is 11.6 Å². The van der Waals surface area contributed by atoms with Gasteiger partial charge in [0.25, 0.3) is 0 Å². The molecule has 0 aromatic carbocycles. The smallest absolute Gasteiger partial charge is 0.218 e. The molecular weight excluding hydrogens is 200 g/mol. The van der Waals surface area contributed by atoms with Crippen LogP contribution in [-0.2, 0) is 0 Å². The van der Waals surface area contributed by atoms with Gasteiger partial charge in [0, 0.05) is 17.8 Å². The molecule has 0 amide bonds. The van der Waals surface area contributed by atoms with Gasteiger partial charge in [0.05, 0.1) is 6.61 Å². The molecule has 3 nitrogen and oxygen atoms in total. The third kappa shape index (κ3) is 4.19. The van der Waals surface area contributed by atoms with Crippen LogP contribution >= 0.6 is 0 Å². The van der Waals surface area contributed by atoms with Gasteiger partial charge in [-0.1, -0.05) is 19.9 Å². The fourth-order valence-corrected chi connectivity index (χ4v) is 1.53. The molecule has 2 N–H and O–H groups in total. The van der Waals surface area contributed by atoms with Gasteiger partial charge in [-0.15, -0.1) is 0 Å². The predicted octanol–water partition coefficient (Wildman–Crippen LogP) is 2.92. The van der Waals surface area contributed by atoms with Gasteiger partial charge in [-0.25, -0.2) is 4.98 Å². The van der Waals surface area contributed by atoms with Crippen LogP contribution in [0, 0.1) is 5.92 Å². The van der Waals surface area contributed by atoms with Crippen molar-refractivity contribution in [3.05, 3.63) is 23.9 Å². The summed E-state index contributed by atoms with van der Waals surface area (Å²) in [5.41, 5.74) is 6.83. The summed E-state index contributed by atoms with van der Waals surface area (Å²) in [6.07, 6.45) is 3.98. The summed E-state index contributed by atoms with van der Waals surface area (Å²) in [6, 6.07) is 3.82. The summed E-state index contributed by atoms with van der Waals surface area (Å²) >= 11 is 0. The zero-order valence-electron chi connectivity index (χ0n) is 10.4. The van der Waals surface area contributed by atoms with Crippen LogP contribution < -0.4 is 10.5 Å². The van der Waals surface area contributed by atoms with Gasteiger partial charge in [-0.05, 0) is 31.7 Å². The Morgan fingerprint density at radius 2 is 2.12 bits per heavy atom. The maximum absolute atomic E-state index is 5.85. The first-order chi connectivity index (χ1) is 7.61. The van der Waals surface area contributed by atoms with Gasteiger partial charge in [0.15, 0.2) is 0 Å². The summed E-state index contributed by atoms with van der Waals surface area (Å²) in [5, 5.41) is 0. The van der Waals surface area contributed by atoms with Gasteiger partial charge in [-0.2, -0.15) is 0 Å². The minimum absolute atomic E-state index is 0.0335. The Labute approximate surface area is 98.0 Å². The Kier molecular flexibility index (Phi) is 5.26. The molecule has 1 rings (SSSR count). The number of ether oxygens (including phenoxy) is 1. The molecule has 0 saturated carbocycles. The van der Waals surface area contributed by atoms with Crippen LogP contribution in [0.5, 0.6) is 5.88 Å². The fraction of sp³-hybridized carbons (Fsp3) is 0.615. The maximum atomic E-state index is 5.85. The molecule has 16 heavy (non-hydrogen) atoms. The van der Waals surface area contributed by atoms with E-state index in [9.17, 15) is 0 Å². The van der Waals surface area contributed by atoms with E-state index in [2.05, 4.69) is 18.8 Å².